The number of aromatic nitrogens is 2. The maximum Gasteiger partial charge on any atom is 0.258 e. The van der Waals surface area contributed by atoms with Crippen LogP contribution in [-0.2, 0) is 0 Å². The number of nitrogens with one attached hydrogen (secondary N) is 1. The average molecular weight is 365 g/mol. The van der Waals surface area contributed by atoms with Crippen LogP contribution >= 0.6 is 22.6 Å². The van der Waals surface area contributed by atoms with Crippen LogP contribution in [0.4, 0.5) is 5.69 Å². The van der Waals surface area contributed by atoms with Crippen molar-refractivity contribution in [1.29, 1.82) is 0 Å². The number of benzene rings is 1. The molecular formula is C14H12IN3O. The first-order chi connectivity index (χ1) is 9.22. The van der Waals surface area contributed by atoms with Gasteiger partial charge in [0.2, 0.25) is 0 Å². The Kier molecular flexibility index (Phi) is 3.46. The predicted octanol–water partition coefficient (Wildman–Crippen LogP) is 3.21. The minimum absolute atomic E-state index is 0.177. The highest BCUT2D eigenvalue weighted by atomic mass is 127. The molecule has 2 aromatic rings. The number of carbonyl (C=O) groups is 1. The largest absolute Gasteiger partial charge is 0.322 e. The fourth-order valence-corrected chi connectivity index (χ4v) is 2.10. The monoisotopic (exact) mass is 365 g/mol. The molecule has 0 bridgehead atoms. The molecule has 1 saturated carbocycles. The Balaban J connectivity index is 1.70. The van der Waals surface area contributed by atoms with Gasteiger partial charge in [0.1, 0.15) is 5.82 Å². The molecule has 1 aliphatic rings. The number of halogens is 1. The third kappa shape index (κ3) is 3.09. The molecule has 0 aliphatic heterocycles. The van der Waals surface area contributed by atoms with Crippen LogP contribution in [0.1, 0.15) is 34.9 Å². The molecule has 0 atom stereocenters. The minimum Gasteiger partial charge on any atom is -0.322 e. The van der Waals surface area contributed by atoms with Gasteiger partial charge in [-0.2, -0.15) is 0 Å². The van der Waals surface area contributed by atoms with E-state index in [-0.39, 0.29) is 5.91 Å². The lowest BCUT2D eigenvalue weighted by Gasteiger charge is -2.05. The average Bonchev–Trinajstić information content (AvgIpc) is 3.26. The summed E-state index contributed by atoms with van der Waals surface area (Å²) < 4.78 is 1.13. The number of rotatable bonds is 3. The molecule has 1 N–H and O–H groups in total. The Morgan fingerprint density at radius 2 is 1.79 bits per heavy atom. The number of hydrogen-bond donors (Lipinski definition) is 1. The lowest BCUT2D eigenvalue weighted by atomic mass is 10.2. The van der Waals surface area contributed by atoms with Crippen LogP contribution in [0.25, 0.3) is 0 Å². The van der Waals surface area contributed by atoms with Gasteiger partial charge in [-0.25, -0.2) is 9.97 Å². The summed E-state index contributed by atoms with van der Waals surface area (Å²) in [5.74, 6) is 1.18. The lowest BCUT2D eigenvalue weighted by Crippen LogP contribution is -2.13. The van der Waals surface area contributed by atoms with E-state index in [1.54, 1.807) is 12.4 Å². The van der Waals surface area contributed by atoms with Crippen LogP contribution in [0.2, 0.25) is 0 Å². The van der Waals surface area contributed by atoms with Gasteiger partial charge >= 0.3 is 0 Å². The van der Waals surface area contributed by atoms with E-state index in [0.717, 1.165) is 27.9 Å². The number of nitrogens with zero attached hydrogens (tertiary/aromatic N) is 2. The summed E-state index contributed by atoms with van der Waals surface area (Å²) in [5, 5.41) is 2.83. The van der Waals surface area contributed by atoms with Gasteiger partial charge in [0, 0.05) is 27.6 Å². The van der Waals surface area contributed by atoms with Gasteiger partial charge in [0.15, 0.2) is 0 Å². The molecule has 1 heterocycles. The zero-order valence-electron chi connectivity index (χ0n) is 10.1. The molecule has 0 spiro atoms. The highest BCUT2D eigenvalue weighted by molar-refractivity contribution is 14.1. The lowest BCUT2D eigenvalue weighted by molar-refractivity contribution is 0.102. The maximum atomic E-state index is 12.0. The summed E-state index contributed by atoms with van der Waals surface area (Å²) in [6.45, 7) is 0. The summed E-state index contributed by atoms with van der Waals surface area (Å²) >= 11 is 2.22. The van der Waals surface area contributed by atoms with Crippen molar-refractivity contribution in [2.45, 2.75) is 18.8 Å². The number of anilines is 1. The van der Waals surface area contributed by atoms with E-state index in [0.29, 0.717) is 11.5 Å². The van der Waals surface area contributed by atoms with Crippen molar-refractivity contribution in [2.24, 2.45) is 0 Å². The normalized spacial score (nSPS) is 14.2. The van der Waals surface area contributed by atoms with E-state index in [9.17, 15) is 4.79 Å². The van der Waals surface area contributed by atoms with E-state index < -0.39 is 0 Å². The molecule has 96 valence electrons. The third-order valence-corrected chi connectivity index (χ3v) is 3.70. The van der Waals surface area contributed by atoms with Crippen LogP contribution in [0, 0.1) is 3.57 Å². The van der Waals surface area contributed by atoms with Crippen LogP contribution in [0.15, 0.2) is 36.7 Å². The molecule has 0 saturated heterocycles. The number of amides is 1. The Morgan fingerprint density at radius 3 is 2.37 bits per heavy atom. The van der Waals surface area contributed by atoms with Gasteiger partial charge in [-0.3, -0.25) is 4.79 Å². The van der Waals surface area contributed by atoms with Crippen LogP contribution in [0.3, 0.4) is 0 Å². The Labute approximate surface area is 124 Å². The van der Waals surface area contributed by atoms with Crippen molar-refractivity contribution in [3.05, 3.63) is 51.6 Å². The highest BCUT2D eigenvalue weighted by Gasteiger charge is 2.26. The van der Waals surface area contributed by atoms with Crippen molar-refractivity contribution >= 4 is 34.2 Å². The van der Waals surface area contributed by atoms with Gasteiger partial charge in [0.25, 0.3) is 5.91 Å². The van der Waals surface area contributed by atoms with Crippen molar-refractivity contribution in [1.82, 2.24) is 9.97 Å². The van der Waals surface area contributed by atoms with Crippen molar-refractivity contribution < 1.29 is 4.79 Å². The van der Waals surface area contributed by atoms with Crippen LogP contribution < -0.4 is 5.32 Å². The van der Waals surface area contributed by atoms with E-state index in [4.69, 9.17) is 0 Å². The van der Waals surface area contributed by atoms with Gasteiger partial charge in [-0.15, -0.1) is 0 Å². The van der Waals surface area contributed by atoms with Crippen LogP contribution in [-0.4, -0.2) is 15.9 Å². The molecule has 1 fully saturated rings. The summed E-state index contributed by atoms with van der Waals surface area (Å²) in [4.78, 5) is 20.5. The van der Waals surface area contributed by atoms with Crippen molar-refractivity contribution in [3.8, 4) is 0 Å². The minimum atomic E-state index is -0.177. The SMILES string of the molecule is O=C(Nc1ccc(I)cc1)c1cnc(C2CC2)nc1. The molecule has 1 aliphatic carbocycles. The van der Waals surface area contributed by atoms with E-state index >= 15 is 0 Å². The van der Waals surface area contributed by atoms with Crippen molar-refractivity contribution in [2.75, 3.05) is 5.32 Å². The Hall–Kier alpha value is -1.50. The first kappa shape index (κ1) is 12.5. The summed E-state index contributed by atoms with van der Waals surface area (Å²) in [6.07, 6.45) is 5.52. The molecule has 19 heavy (non-hydrogen) atoms. The van der Waals surface area contributed by atoms with Crippen LogP contribution in [0.5, 0.6) is 0 Å². The van der Waals surface area contributed by atoms with E-state index in [1.807, 2.05) is 24.3 Å². The molecular weight excluding hydrogens is 353 g/mol. The molecule has 1 aromatic heterocycles. The molecule has 5 heteroatoms. The summed E-state index contributed by atoms with van der Waals surface area (Å²) in [7, 11) is 0. The fourth-order valence-electron chi connectivity index (χ4n) is 1.74. The quantitative estimate of drug-likeness (QED) is 0.850. The Bertz CT molecular complexity index is 591. The zero-order chi connectivity index (χ0) is 13.2. The van der Waals surface area contributed by atoms with Crippen molar-refractivity contribution in [3.63, 3.8) is 0 Å². The second-order valence-electron chi connectivity index (χ2n) is 4.57. The zero-order valence-corrected chi connectivity index (χ0v) is 12.3. The molecule has 3 rings (SSSR count). The standard InChI is InChI=1S/C14H12IN3O/c15-11-3-5-12(6-4-11)18-14(19)10-7-16-13(17-8-10)9-1-2-9/h3-9H,1-2H2,(H,18,19). The second kappa shape index (κ2) is 5.24. The number of hydrogen-bond acceptors (Lipinski definition) is 3. The Morgan fingerprint density at radius 1 is 1.16 bits per heavy atom. The first-order valence-electron chi connectivity index (χ1n) is 6.11. The maximum absolute atomic E-state index is 12.0. The summed E-state index contributed by atoms with van der Waals surface area (Å²) in [5.41, 5.74) is 1.26. The van der Waals surface area contributed by atoms with Gasteiger partial charge in [-0.05, 0) is 59.7 Å². The molecule has 0 radical (unpaired) electrons. The predicted molar refractivity (Wildman–Crippen MR) is 81.1 cm³/mol. The summed E-state index contributed by atoms with van der Waals surface area (Å²) in [6, 6.07) is 7.64. The number of carbonyl (C=O) groups excluding carboxylic acids is 1. The first-order valence-corrected chi connectivity index (χ1v) is 7.19. The fraction of sp³-hybridized carbons (Fsp3) is 0.214. The van der Waals surface area contributed by atoms with Gasteiger partial charge < -0.3 is 5.32 Å². The van der Waals surface area contributed by atoms with Gasteiger partial charge in [0.05, 0.1) is 5.56 Å². The molecule has 1 amide bonds. The van der Waals surface area contributed by atoms with E-state index in [2.05, 4.69) is 37.9 Å². The topological polar surface area (TPSA) is 54.9 Å². The molecule has 0 unspecified atom stereocenters. The molecule has 4 nitrogen and oxygen atoms in total. The van der Waals surface area contributed by atoms with E-state index in [1.165, 1.54) is 0 Å². The smallest absolute Gasteiger partial charge is 0.258 e. The third-order valence-electron chi connectivity index (χ3n) is 2.98. The highest BCUT2D eigenvalue weighted by Crippen LogP contribution is 2.37. The van der Waals surface area contributed by atoms with Gasteiger partial charge in [-0.1, -0.05) is 0 Å². The molecule has 1 aromatic carbocycles. The second-order valence-corrected chi connectivity index (χ2v) is 5.81.